The van der Waals surface area contributed by atoms with Crippen molar-refractivity contribution in [2.45, 2.75) is 46.6 Å². The predicted octanol–water partition coefficient (Wildman–Crippen LogP) is 4.34. The number of aliphatic hydroxyl groups is 1. The number of hydrogen-bond acceptors (Lipinski definition) is 4. The van der Waals surface area contributed by atoms with E-state index in [9.17, 15) is 15.3 Å². The van der Waals surface area contributed by atoms with Crippen molar-refractivity contribution in [1.82, 2.24) is 0 Å². The summed E-state index contributed by atoms with van der Waals surface area (Å²) in [6, 6.07) is 6.56. The number of hydrogen-bond donors (Lipinski definition) is 3. The Kier molecular flexibility index (Phi) is 6.70. The van der Waals surface area contributed by atoms with Gasteiger partial charge in [-0.15, -0.1) is 0 Å². The Balaban J connectivity index is 2.11. The lowest BCUT2D eigenvalue weighted by molar-refractivity contribution is 0.272. The second-order valence-electron chi connectivity index (χ2n) is 6.70. The van der Waals surface area contributed by atoms with E-state index in [-0.39, 0.29) is 18.1 Å². The number of benzene rings is 2. The highest BCUT2D eigenvalue weighted by Crippen LogP contribution is 2.30. The van der Waals surface area contributed by atoms with Crippen molar-refractivity contribution >= 4 is 0 Å². The van der Waals surface area contributed by atoms with Gasteiger partial charge in [0.25, 0.3) is 0 Å². The van der Waals surface area contributed by atoms with E-state index in [2.05, 4.69) is 19.9 Å². The summed E-state index contributed by atoms with van der Waals surface area (Å²) in [5, 5.41) is 29.1. The molecule has 0 radical (unpaired) electrons. The zero-order chi connectivity index (χ0) is 19.3. The first-order valence-electron chi connectivity index (χ1n) is 8.80. The van der Waals surface area contributed by atoms with Crippen molar-refractivity contribution < 1.29 is 20.1 Å². The molecule has 2 aromatic rings. The highest BCUT2D eigenvalue weighted by molar-refractivity contribution is 5.49. The molecule has 0 amide bonds. The van der Waals surface area contributed by atoms with Crippen molar-refractivity contribution in [2.24, 2.45) is 0 Å². The maximum absolute atomic E-state index is 9.86. The molecule has 0 spiro atoms. The topological polar surface area (TPSA) is 69.9 Å². The quantitative estimate of drug-likeness (QED) is 0.510. The number of aliphatic hydroxyl groups excluding tert-OH is 1. The average molecular weight is 356 g/mol. The van der Waals surface area contributed by atoms with E-state index < -0.39 is 0 Å². The molecule has 140 valence electrons. The second kappa shape index (κ2) is 8.77. The number of allylic oxidation sites excluding steroid dienone is 2. The molecule has 4 heteroatoms. The molecule has 0 saturated carbocycles. The molecule has 4 nitrogen and oxygen atoms in total. The van der Waals surface area contributed by atoms with E-state index in [1.54, 1.807) is 13.2 Å². The van der Waals surface area contributed by atoms with E-state index in [4.69, 9.17) is 4.74 Å². The molecule has 2 rings (SSSR count). The monoisotopic (exact) mass is 356 g/mol. The Morgan fingerprint density at radius 2 is 1.85 bits per heavy atom. The molecule has 0 aliphatic carbocycles. The predicted molar refractivity (Wildman–Crippen MR) is 104 cm³/mol. The van der Waals surface area contributed by atoms with Gasteiger partial charge in [0.1, 0.15) is 17.2 Å². The van der Waals surface area contributed by atoms with E-state index in [0.717, 1.165) is 35.3 Å². The fourth-order valence-corrected chi connectivity index (χ4v) is 3.24. The number of ether oxygens (including phenoxy) is 1. The van der Waals surface area contributed by atoms with Crippen LogP contribution in [0.4, 0.5) is 0 Å². The molecule has 0 fully saturated rings. The Morgan fingerprint density at radius 1 is 1.12 bits per heavy atom. The summed E-state index contributed by atoms with van der Waals surface area (Å²) in [6.45, 7) is 6.13. The lowest BCUT2D eigenvalue weighted by Gasteiger charge is -2.17. The van der Waals surface area contributed by atoms with Crippen LogP contribution in [0.1, 0.15) is 41.2 Å². The van der Waals surface area contributed by atoms with Crippen molar-refractivity contribution in [3.63, 3.8) is 0 Å². The number of phenolic OH excluding ortho intramolecular Hbond substituents is 2. The minimum atomic E-state index is -0.0338. The van der Waals surface area contributed by atoms with Crippen LogP contribution in [-0.4, -0.2) is 22.4 Å². The molecule has 0 aliphatic heterocycles. The molecule has 26 heavy (non-hydrogen) atoms. The number of aromatic hydroxyl groups is 2. The largest absolute Gasteiger partial charge is 0.508 e. The molecule has 0 heterocycles. The van der Waals surface area contributed by atoms with Crippen molar-refractivity contribution in [2.75, 3.05) is 7.11 Å². The van der Waals surface area contributed by atoms with Gasteiger partial charge >= 0.3 is 0 Å². The van der Waals surface area contributed by atoms with Crippen LogP contribution in [0.15, 0.2) is 35.9 Å². The maximum atomic E-state index is 9.86. The minimum Gasteiger partial charge on any atom is -0.508 e. The van der Waals surface area contributed by atoms with Crippen molar-refractivity contribution in [3.05, 3.63) is 63.7 Å². The summed E-state index contributed by atoms with van der Waals surface area (Å²) in [6.07, 6.45) is 4.42. The van der Waals surface area contributed by atoms with Gasteiger partial charge in [0.05, 0.1) is 13.7 Å². The fourth-order valence-electron chi connectivity index (χ4n) is 3.24. The molecule has 0 aliphatic rings. The zero-order valence-electron chi connectivity index (χ0n) is 16.0. The Morgan fingerprint density at radius 3 is 2.50 bits per heavy atom. The number of rotatable bonds is 7. The second-order valence-corrected chi connectivity index (χ2v) is 6.70. The third kappa shape index (κ3) is 4.58. The number of aryl methyl sites for hydroxylation is 1. The van der Waals surface area contributed by atoms with Crippen LogP contribution in [0.5, 0.6) is 17.2 Å². The number of methoxy groups -OCH3 is 1. The standard InChI is InChI=1S/C22H28O4/c1-14(5-7-17-12-18(24)8-10-21(17)25)6-9-19-15(2)11-22(26-4)20(13-23)16(19)3/h5,8,10-12,23-25H,6-7,9,13H2,1-4H3/b14-5+. The normalized spacial score (nSPS) is 11.7. The van der Waals surface area contributed by atoms with Gasteiger partial charge in [-0.3, -0.25) is 0 Å². The van der Waals surface area contributed by atoms with Crippen molar-refractivity contribution in [3.8, 4) is 17.2 Å². The van der Waals surface area contributed by atoms with E-state index in [0.29, 0.717) is 12.0 Å². The molecular weight excluding hydrogens is 328 g/mol. The lowest BCUT2D eigenvalue weighted by atomic mass is 9.92. The lowest BCUT2D eigenvalue weighted by Crippen LogP contribution is -2.03. The van der Waals surface area contributed by atoms with Gasteiger partial charge in [-0.2, -0.15) is 0 Å². The van der Waals surface area contributed by atoms with Crippen LogP contribution in [0.2, 0.25) is 0 Å². The van der Waals surface area contributed by atoms with Crippen LogP contribution in [0.25, 0.3) is 0 Å². The molecule has 0 unspecified atom stereocenters. The zero-order valence-corrected chi connectivity index (χ0v) is 16.0. The van der Waals surface area contributed by atoms with Gasteiger partial charge in [0.2, 0.25) is 0 Å². The highest BCUT2D eigenvalue weighted by Gasteiger charge is 2.13. The van der Waals surface area contributed by atoms with E-state index in [1.807, 2.05) is 13.0 Å². The van der Waals surface area contributed by atoms with E-state index in [1.165, 1.54) is 23.3 Å². The molecule has 0 atom stereocenters. The molecule has 3 N–H and O–H groups in total. The molecule has 0 bridgehead atoms. The third-order valence-electron chi connectivity index (χ3n) is 4.91. The first-order chi connectivity index (χ1) is 12.4. The SMILES string of the molecule is COc1cc(C)c(CC/C(C)=C/Cc2cc(O)ccc2O)c(C)c1CO. The summed E-state index contributed by atoms with van der Waals surface area (Å²) in [5.74, 6) is 1.09. The number of phenols is 2. The minimum absolute atomic E-state index is 0.0338. The highest BCUT2D eigenvalue weighted by atomic mass is 16.5. The van der Waals surface area contributed by atoms with Gasteiger partial charge in [-0.05, 0) is 81.0 Å². The van der Waals surface area contributed by atoms with E-state index >= 15 is 0 Å². The molecule has 0 aromatic heterocycles. The van der Waals surface area contributed by atoms with Crippen LogP contribution in [-0.2, 0) is 19.4 Å². The van der Waals surface area contributed by atoms with Gasteiger partial charge in [-0.25, -0.2) is 0 Å². The van der Waals surface area contributed by atoms with Crippen molar-refractivity contribution in [1.29, 1.82) is 0 Å². The molecule has 2 aromatic carbocycles. The van der Waals surface area contributed by atoms with Gasteiger partial charge in [0, 0.05) is 11.1 Å². The fraction of sp³-hybridized carbons (Fsp3) is 0.364. The summed E-state index contributed by atoms with van der Waals surface area (Å²) in [4.78, 5) is 0. The molecular formula is C22H28O4. The van der Waals surface area contributed by atoms with Crippen LogP contribution < -0.4 is 4.74 Å². The van der Waals surface area contributed by atoms with Gasteiger partial charge in [-0.1, -0.05) is 11.6 Å². The van der Waals surface area contributed by atoms with Crippen LogP contribution in [0.3, 0.4) is 0 Å². The third-order valence-corrected chi connectivity index (χ3v) is 4.91. The smallest absolute Gasteiger partial charge is 0.124 e. The first-order valence-corrected chi connectivity index (χ1v) is 8.80. The summed E-state index contributed by atoms with van der Waals surface area (Å²) in [7, 11) is 1.62. The van der Waals surface area contributed by atoms with Crippen LogP contribution in [0, 0.1) is 13.8 Å². The average Bonchev–Trinajstić information content (AvgIpc) is 2.61. The Labute approximate surface area is 155 Å². The first kappa shape index (κ1) is 19.9. The summed E-state index contributed by atoms with van der Waals surface area (Å²) < 4.78 is 5.37. The van der Waals surface area contributed by atoms with Gasteiger partial charge in [0.15, 0.2) is 0 Å². The van der Waals surface area contributed by atoms with Gasteiger partial charge < -0.3 is 20.1 Å². The Hall–Kier alpha value is -2.46. The maximum Gasteiger partial charge on any atom is 0.124 e. The summed E-state index contributed by atoms with van der Waals surface area (Å²) >= 11 is 0. The molecule has 0 saturated heterocycles. The summed E-state index contributed by atoms with van der Waals surface area (Å²) in [5.41, 5.74) is 6.26. The van der Waals surface area contributed by atoms with Crippen LogP contribution >= 0.6 is 0 Å². The Bertz CT molecular complexity index is 806.